The molecule has 2 aromatic heterocycles. The number of carbonyl (C=O) groups is 2. The second kappa shape index (κ2) is 7.58. The van der Waals surface area contributed by atoms with Crippen LogP contribution in [0.2, 0.25) is 0 Å². The molecule has 0 spiro atoms. The molecule has 0 saturated heterocycles. The Morgan fingerprint density at radius 1 is 1.07 bits per heavy atom. The largest absolute Gasteiger partial charge is 0.416 e. The van der Waals surface area contributed by atoms with Crippen LogP contribution in [0.25, 0.3) is 11.3 Å². The Morgan fingerprint density at radius 3 is 2.57 bits per heavy atom. The maximum Gasteiger partial charge on any atom is 0.416 e. The van der Waals surface area contributed by atoms with Gasteiger partial charge in [-0.2, -0.15) is 13.2 Å². The van der Waals surface area contributed by atoms with E-state index in [-0.39, 0.29) is 41.4 Å². The first-order valence-corrected chi connectivity index (χ1v) is 9.03. The lowest BCUT2D eigenvalue weighted by Gasteiger charge is -2.28. The molecule has 6 nitrogen and oxygen atoms in total. The van der Waals surface area contributed by atoms with Crippen LogP contribution in [0.1, 0.15) is 22.3 Å². The number of halogens is 3. The third-order valence-corrected chi connectivity index (χ3v) is 4.66. The first kappa shape index (κ1) is 19.6. The predicted octanol–water partition coefficient (Wildman–Crippen LogP) is 4.79. The van der Waals surface area contributed by atoms with E-state index in [4.69, 9.17) is 0 Å². The summed E-state index contributed by atoms with van der Waals surface area (Å²) in [5, 5.41) is 2.70. The van der Waals surface area contributed by atoms with Gasteiger partial charge in [-0.15, -0.1) is 0 Å². The fraction of sp³-hybridized carbons (Fsp3) is 0.143. The number of Topliss-reactive ketones (excluding diaryl/α,β-unsaturated/α-hetero) is 1. The Labute approximate surface area is 169 Å². The number of ketones is 1. The van der Waals surface area contributed by atoms with Gasteiger partial charge in [-0.1, -0.05) is 12.1 Å². The number of aromatic nitrogens is 2. The topological polar surface area (TPSA) is 75.2 Å². The van der Waals surface area contributed by atoms with Crippen LogP contribution in [-0.2, 0) is 6.18 Å². The Kier molecular flexibility index (Phi) is 4.94. The fourth-order valence-corrected chi connectivity index (χ4v) is 3.17. The van der Waals surface area contributed by atoms with Crippen molar-refractivity contribution >= 4 is 23.3 Å². The van der Waals surface area contributed by atoms with Crippen LogP contribution in [0.5, 0.6) is 0 Å². The van der Waals surface area contributed by atoms with Gasteiger partial charge in [0, 0.05) is 36.6 Å². The molecule has 0 saturated carbocycles. The van der Waals surface area contributed by atoms with Crippen molar-refractivity contribution in [3.05, 3.63) is 72.1 Å². The van der Waals surface area contributed by atoms with Crippen molar-refractivity contribution < 1.29 is 22.8 Å². The highest BCUT2D eigenvalue weighted by atomic mass is 19.4. The molecule has 4 rings (SSSR count). The van der Waals surface area contributed by atoms with Crippen molar-refractivity contribution in [1.82, 2.24) is 9.97 Å². The van der Waals surface area contributed by atoms with Crippen LogP contribution in [-0.4, -0.2) is 28.3 Å². The van der Waals surface area contributed by atoms with Gasteiger partial charge in [0.1, 0.15) is 5.82 Å². The van der Waals surface area contributed by atoms with Gasteiger partial charge in [-0.05, 0) is 36.4 Å². The summed E-state index contributed by atoms with van der Waals surface area (Å²) in [6, 6.07) is 10.4. The number of hydrogen-bond acceptors (Lipinski definition) is 4. The Bertz CT molecular complexity index is 1120. The molecule has 0 atom stereocenters. The molecule has 3 aromatic rings. The first-order chi connectivity index (χ1) is 14.3. The first-order valence-electron chi connectivity index (χ1n) is 9.03. The number of pyridine rings is 2. The average Bonchev–Trinajstić information content (AvgIpc) is 2.74. The Balaban J connectivity index is 1.71. The smallest absolute Gasteiger partial charge is 0.307 e. The van der Waals surface area contributed by atoms with E-state index in [1.54, 1.807) is 12.1 Å². The molecule has 9 heteroatoms. The van der Waals surface area contributed by atoms with E-state index in [0.717, 1.165) is 12.1 Å². The summed E-state index contributed by atoms with van der Waals surface area (Å²) in [6.45, 7) is 0.113. The molecule has 1 aliphatic heterocycles. The van der Waals surface area contributed by atoms with Crippen LogP contribution in [0.4, 0.5) is 29.5 Å². The Hall–Kier alpha value is -3.75. The van der Waals surface area contributed by atoms with Gasteiger partial charge < -0.3 is 5.32 Å². The number of carbonyl (C=O) groups excluding carboxylic acids is 2. The lowest BCUT2D eigenvalue weighted by atomic mass is 10.0. The quantitative estimate of drug-likeness (QED) is 0.657. The zero-order chi connectivity index (χ0) is 21.3. The normalized spacial score (nSPS) is 13.7. The molecule has 2 amide bonds. The fourth-order valence-electron chi connectivity index (χ4n) is 3.17. The summed E-state index contributed by atoms with van der Waals surface area (Å²) >= 11 is 0. The van der Waals surface area contributed by atoms with E-state index in [1.807, 2.05) is 0 Å². The number of alkyl halides is 3. The maximum atomic E-state index is 13.1. The molecule has 0 unspecified atom stereocenters. The van der Waals surface area contributed by atoms with Crippen LogP contribution in [0.15, 0.2) is 60.9 Å². The number of rotatable bonds is 2. The Morgan fingerprint density at radius 2 is 1.83 bits per heavy atom. The van der Waals surface area contributed by atoms with E-state index in [0.29, 0.717) is 5.69 Å². The van der Waals surface area contributed by atoms with Crippen molar-refractivity contribution in [1.29, 1.82) is 0 Å². The standard InChI is InChI=1S/C21H15F3N4O2/c22-21(23,24)14-3-1-2-13(12-14)17-5-4-16-18(29)8-11-28(19(16)27-17)20(30)26-15-6-9-25-10-7-15/h1-7,9-10,12H,8,11H2,(H,25,26,30). The molecule has 30 heavy (non-hydrogen) atoms. The molecular weight excluding hydrogens is 397 g/mol. The summed E-state index contributed by atoms with van der Waals surface area (Å²) in [5.41, 5.74) is 0.434. The van der Waals surface area contributed by atoms with E-state index in [1.165, 1.54) is 41.6 Å². The van der Waals surface area contributed by atoms with Crippen molar-refractivity contribution in [2.45, 2.75) is 12.6 Å². The predicted molar refractivity (Wildman–Crippen MR) is 104 cm³/mol. The number of nitrogens with zero attached hydrogens (tertiary/aromatic N) is 3. The summed E-state index contributed by atoms with van der Waals surface area (Å²) in [7, 11) is 0. The third-order valence-electron chi connectivity index (χ3n) is 4.66. The highest BCUT2D eigenvalue weighted by Gasteiger charge is 2.32. The molecular formula is C21H15F3N4O2. The van der Waals surface area contributed by atoms with E-state index >= 15 is 0 Å². The average molecular weight is 412 g/mol. The van der Waals surface area contributed by atoms with Crippen molar-refractivity contribution in [3.8, 4) is 11.3 Å². The minimum Gasteiger partial charge on any atom is -0.307 e. The summed E-state index contributed by atoms with van der Waals surface area (Å²) in [5.74, 6) is -0.0613. The van der Waals surface area contributed by atoms with Crippen LogP contribution in [0, 0.1) is 0 Å². The number of amides is 2. The van der Waals surface area contributed by atoms with Gasteiger partial charge in [0.25, 0.3) is 0 Å². The van der Waals surface area contributed by atoms with Crippen molar-refractivity contribution in [2.24, 2.45) is 0 Å². The summed E-state index contributed by atoms with van der Waals surface area (Å²) in [6.07, 6.45) is -1.32. The zero-order valence-electron chi connectivity index (χ0n) is 15.5. The van der Waals surface area contributed by atoms with Gasteiger partial charge >= 0.3 is 12.2 Å². The summed E-state index contributed by atoms with van der Waals surface area (Å²) < 4.78 is 39.2. The van der Waals surface area contributed by atoms with Gasteiger partial charge in [-0.3, -0.25) is 14.7 Å². The molecule has 0 bridgehead atoms. The second-order valence-corrected chi connectivity index (χ2v) is 6.64. The molecule has 152 valence electrons. The highest BCUT2D eigenvalue weighted by molar-refractivity contribution is 6.10. The van der Waals surface area contributed by atoms with Gasteiger partial charge in [0.2, 0.25) is 0 Å². The zero-order valence-corrected chi connectivity index (χ0v) is 15.5. The molecule has 0 aliphatic carbocycles. The number of anilines is 2. The van der Waals surface area contributed by atoms with E-state index in [2.05, 4.69) is 15.3 Å². The molecule has 3 heterocycles. The number of urea groups is 1. The highest BCUT2D eigenvalue weighted by Crippen LogP contribution is 2.33. The van der Waals surface area contributed by atoms with Gasteiger partial charge in [-0.25, -0.2) is 9.78 Å². The minimum absolute atomic E-state index is 0.113. The molecule has 0 fully saturated rings. The lowest BCUT2D eigenvalue weighted by Crippen LogP contribution is -2.41. The van der Waals surface area contributed by atoms with Gasteiger partial charge in [0.15, 0.2) is 5.78 Å². The van der Waals surface area contributed by atoms with Gasteiger partial charge in [0.05, 0.1) is 16.8 Å². The monoisotopic (exact) mass is 412 g/mol. The maximum absolute atomic E-state index is 13.1. The number of nitrogens with one attached hydrogen (secondary N) is 1. The SMILES string of the molecule is O=C1CCN(C(=O)Nc2ccncc2)c2nc(-c3cccc(C(F)(F)F)c3)ccc21. The molecule has 1 aliphatic rings. The molecule has 1 aromatic carbocycles. The number of hydrogen-bond donors (Lipinski definition) is 1. The molecule has 0 radical (unpaired) electrons. The minimum atomic E-state index is -4.49. The van der Waals surface area contributed by atoms with Crippen molar-refractivity contribution in [3.63, 3.8) is 0 Å². The second-order valence-electron chi connectivity index (χ2n) is 6.64. The summed E-state index contributed by atoms with van der Waals surface area (Å²) in [4.78, 5) is 34.6. The van der Waals surface area contributed by atoms with E-state index in [9.17, 15) is 22.8 Å². The molecule has 1 N–H and O–H groups in total. The lowest BCUT2D eigenvalue weighted by molar-refractivity contribution is -0.137. The van der Waals surface area contributed by atoms with Crippen LogP contribution < -0.4 is 10.2 Å². The van der Waals surface area contributed by atoms with Crippen LogP contribution in [0.3, 0.4) is 0 Å². The third kappa shape index (κ3) is 3.86. The number of fused-ring (bicyclic) bond motifs is 1. The van der Waals surface area contributed by atoms with Crippen LogP contribution >= 0.6 is 0 Å². The number of benzene rings is 1. The van der Waals surface area contributed by atoms with E-state index < -0.39 is 17.8 Å². The van der Waals surface area contributed by atoms with Crippen molar-refractivity contribution in [2.75, 3.05) is 16.8 Å².